The van der Waals surface area contributed by atoms with Crippen LogP contribution < -0.4 is 11.5 Å². The SMILES string of the molecule is Cl.N=C(N)N(Cc1ccc(N)cc1)C(=O)c1cc2ccccc2[nH]1. The van der Waals surface area contributed by atoms with Crippen molar-refractivity contribution in [1.29, 1.82) is 5.41 Å². The van der Waals surface area contributed by atoms with E-state index in [2.05, 4.69) is 4.98 Å². The predicted octanol–water partition coefficient (Wildman–Crippen LogP) is 2.71. The number of hydrogen-bond acceptors (Lipinski definition) is 3. The van der Waals surface area contributed by atoms with Crippen molar-refractivity contribution < 1.29 is 4.79 Å². The van der Waals surface area contributed by atoms with E-state index in [9.17, 15) is 4.79 Å². The zero-order valence-electron chi connectivity index (χ0n) is 12.8. The number of fused-ring (bicyclic) bond motifs is 1. The molecule has 0 spiro atoms. The molecule has 0 saturated heterocycles. The number of nitrogens with zero attached hydrogens (tertiary/aromatic N) is 1. The molecule has 3 rings (SSSR count). The number of guanidine groups is 1. The molecule has 0 fully saturated rings. The number of hydrogen-bond donors (Lipinski definition) is 4. The Balaban J connectivity index is 0.00000208. The van der Waals surface area contributed by atoms with Crippen molar-refractivity contribution in [1.82, 2.24) is 9.88 Å². The smallest absolute Gasteiger partial charge is 0.277 e. The maximum Gasteiger partial charge on any atom is 0.277 e. The van der Waals surface area contributed by atoms with Gasteiger partial charge in [0, 0.05) is 16.6 Å². The highest BCUT2D eigenvalue weighted by Crippen LogP contribution is 2.17. The molecule has 0 radical (unpaired) electrons. The highest BCUT2D eigenvalue weighted by molar-refractivity contribution is 6.05. The molecule has 1 amide bonds. The lowest BCUT2D eigenvalue weighted by molar-refractivity contribution is 0.0833. The van der Waals surface area contributed by atoms with Gasteiger partial charge in [-0.05, 0) is 29.8 Å². The molecule has 0 aliphatic carbocycles. The van der Waals surface area contributed by atoms with Crippen molar-refractivity contribution in [3.63, 3.8) is 0 Å². The molecule has 124 valence electrons. The van der Waals surface area contributed by atoms with Gasteiger partial charge in [0.15, 0.2) is 5.96 Å². The van der Waals surface area contributed by atoms with Crippen molar-refractivity contribution in [2.45, 2.75) is 6.54 Å². The molecule has 0 aliphatic rings. The maximum atomic E-state index is 12.7. The van der Waals surface area contributed by atoms with Crippen LogP contribution >= 0.6 is 12.4 Å². The van der Waals surface area contributed by atoms with Crippen LogP contribution in [0.3, 0.4) is 0 Å². The molecule has 3 aromatic rings. The second-order valence-corrected chi connectivity index (χ2v) is 5.29. The summed E-state index contributed by atoms with van der Waals surface area (Å²) in [5.74, 6) is -0.643. The van der Waals surface area contributed by atoms with Crippen LogP contribution in [-0.2, 0) is 6.54 Å². The Kier molecular flexibility index (Phi) is 5.11. The lowest BCUT2D eigenvalue weighted by Gasteiger charge is -2.20. The Labute approximate surface area is 145 Å². The number of H-pyrrole nitrogens is 1. The van der Waals surface area contributed by atoms with Crippen LogP contribution in [0.1, 0.15) is 16.1 Å². The minimum Gasteiger partial charge on any atom is -0.399 e. The summed E-state index contributed by atoms with van der Waals surface area (Å²) in [5, 5.41) is 8.64. The van der Waals surface area contributed by atoms with Gasteiger partial charge < -0.3 is 16.5 Å². The molecule has 0 unspecified atom stereocenters. The molecule has 2 aromatic carbocycles. The van der Waals surface area contributed by atoms with Gasteiger partial charge in [-0.1, -0.05) is 30.3 Å². The first-order chi connectivity index (χ1) is 11.0. The third-order valence-corrected chi connectivity index (χ3v) is 3.62. The monoisotopic (exact) mass is 343 g/mol. The number of nitrogens with two attached hydrogens (primary N) is 2. The van der Waals surface area contributed by atoms with Gasteiger partial charge in [-0.15, -0.1) is 12.4 Å². The number of nitrogens with one attached hydrogen (secondary N) is 2. The molecule has 6 nitrogen and oxygen atoms in total. The molecular weight excluding hydrogens is 326 g/mol. The molecule has 7 heteroatoms. The maximum absolute atomic E-state index is 12.7. The number of rotatable bonds is 3. The van der Waals surface area contributed by atoms with E-state index in [4.69, 9.17) is 16.9 Å². The largest absolute Gasteiger partial charge is 0.399 e. The number of carbonyl (C=O) groups is 1. The summed E-state index contributed by atoms with van der Waals surface area (Å²) < 4.78 is 0. The van der Waals surface area contributed by atoms with E-state index in [1.807, 2.05) is 36.4 Å². The second kappa shape index (κ2) is 7.06. The zero-order chi connectivity index (χ0) is 16.4. The summed E-state index contributed by atoms with van der Waals surface area (Å²) in [5.41, 5.74) is 14.0. The first-order valence-corrected chi connectivity index (χ1v) is 7.12. The fourth-order valence-electron chi connectivity index (χ4n) is 2.41. The van der Waals surface area contributed by atoms with Crippen molar-refractivity contribution >= 4 is 40.9 Å². The van der Waals surface area contributed by atoms with E-state index in [-0.39, 0.29) is 30.8 Å². The van der Waals surface area contributed by atoms with Gasteiger partial charge in [0.05, 0.1) is 6.54 Å². The Hall–Kier alpha value is -2.99. The van der Waals surface area contributed by atoms with Crippen molar-refractivity contribution in [2.24, 2.45) is 5.73 Å². The number of nitrogen functional groups attached to an aromatic ring is 1. The number of benzene rings is 2. The summed E-state index contributed by atoms with van der Waals surface area (Å²) in [4.78, 5) is 17.0. The average molecular weight is 344 g/mol. The molecule has 24 heavy (non-hydrogen) atoms. The van der Waals surface area contributed by atoms with Gasteiger partial charge in [-0.3, -0.25) is 15.1 Å². The molecule has 0 saturated carbocycles. The lowest BCUT2D eigenvalue weighted by atomic mass is 10.2. The Bertz CT molecular complexity index is 839. The molecule has 0 aliphatic heterocycles. The van der Waals surface area contributed by atoms with Gasteiger partial charge in [-0.2, -0.15) is 0 Å². The van der Waals surface area contributed by atoms with Crippen LogP contribution in [-0.4, -0.2) is 21.8 Å². The van der Waals surface area contributed by atoms with E-state index < -0.39 is 0 Å². The average Bonchev–Trinajstić information content (AvgIpc) is 2.97. The fraction of sp³-hybridized carbons (Fsp3) is 0.0588. The van der Waals surface area contributed by atoms with Crippen LogP contribution in [0.2, 0.25) is 0 Å². The van der Waals surface area contributed by atoms with Gasteiger partial charge in [0.25, 0.3) is 5.91 Å². The zero-order valence-corrected chi connectivity index (χ0v) is 13.6. The standard InChI is InChI=1S/C17H17N5O.ClH/c18-13-7-5-11(6-8-13)10-22(17(19)20)16(23)15-9-12-3-1-2-4-14(12)21-15;/h1-9,21H,10,18H2,(H3,19,20);1H. The minimum atomic E-state index is -0.342. The summed E-state index contributed by atoms with van der Waals surface area (Å²) in [7, 11) is 0. The van der Waals surface area contributed by atoms with E-state index >= 15 is 0 Å². The molecule has 1 heterocycles. The molecular formula is C17H18ClN5O. The van der Waals surface area contributed by atoms with Crippen molar-refractivity contribution in [2.75, 3.05) is 5.73 Å². The number of halogens is 1. The van der Waals surface area contributed by atoms with Crippen LogP contribution in [0.25, 0.3) is 10.9 Å². The fourth-order valence-corrected chi connectivity index (χ4v) is 2.41. The van der Waals surface area contributed by atoms with E-state index in [0.29, 0.717) is 11.4 Å². The van der Waals surface area contributed by atoms with Crippen LogP contribution in [0.5, 0.6) is 0 Å². The highest BCUT2D eigenvalue weighted by atomic mass is 35.5. The molecule has 6 N–H and O–H groups in total. The number of para-hydroxylation sites is 1. The Morgan fingerprint density at radius 1 is 1.12 bits per heavy atom. The van der Waals surface area contributed by atoms with E-state index in [1.54, 1.807) is 18.2 Å². The van der Waals surface area contributed by atoms with Crippen molar-refractivity contribution in [3.8, 4) is 0 Å². The van der Waals surface area contributed by atoms with Gasteiger partial charge in [-0.25, -0.2) is 0 Å². The summed E-state index contributed by atoms with van der Waals surface area (Å²) >= 11 is 0. The molecule has 0 bridgehead atoms. The minimum absolute atomic E-state index is 0. The Morgan fingerprint density at radius 3 is 2.42 bits per heavy atom. The molecule has 0 atom stereocenters. The Morgan fingerprint density at radius 2 is 1.79 bits per heavy atom. The van der Waals surface area contributed by atoms with Crippen LogP contribution in [0.4, 0.5) is 5.69 Å². The first-order valence-electron chi connectivity index (χ1n) is 7.12. The number of aromatic amines is 1. The van der Waals surface area contributed by atoms with E-state index in [1.165, 1.54) is 4.90 Å². The summed E-state index contributed by atoms with van der Waals surface area (Å²) in [6.45, 7) is 0.212. The topological polar surface area (TPSA) is 112 Å². The number of anilines is 1. The number of carbonyl (C=O) groups excluding carboxylic acids is 1. The molecule has 1 aromatic heterocycles. The second-order valence-electron chi connectivity index (χ2n) is 5.29. The first kappa shape index (κ1) is 17.4. The van der Waals surface area contributed by atoms with Crippen LogP contribution in [0.15, 0.2) is 54.6 Å². The number of amides is 1. The van der Waals surface area contributed by atoms with Crippen LogP contribution in [0, 0.1) is 5.41 Å². The van der Waals surface area contributed by atoms with Gasteiger partial charge in [0.2, 0.25) is 0 Å². The summed E-state index contributed by atoms with van der Waals surface area (Å²) in [6, 6.07) is 16.5. The predicted molar refractivity (Wildman–Crippen MR) is 98.2 cm³/mol. The lowest BCUT2D eigenvalue weighted by Crippen LogP contribution is -2.40. The normalized spacial score (nSPS) is 10.2. The third-order valence-electron chi connectivity index (χ3n) is 3.62. The highest BCUT2D eigenvalue weighted by Gasteiger charge is 2.20. The third kappa shape index (κ3) is 3.49. The van der Waals surface area contributed by atoms with Gasteiger partial charge >= 0.3 is 0 Å². The van der Waals surface area contributed by atoms with Gasteiger partial charge in [0.1, 0.15) is 5.69 Å². The van der Waals surface area contributed by atoms with E-state index in [0.717, 1.165) is 16.5 Å². The summed E-state index contributed by atoms with van der Waals surface area (Å²) in [6.07, 6.45) is 0. The quantitative estimate of drug-likeness (QED) is 0.333. The number of aromatic nitrogens is 1. The van der Waals surface area contributed by atoms with Crippen molar-refractivity contribution in [3.05, 3.63) is 65.9 Å².